The third-order valence-corrected chi connectivity index (χ3v) is 4.11. The summed E-state index contributed by atoms with van der Waals surface area (Å²) in [6, 6.07) is 15.1. The topological polar surface area (TPSA) is 58.6 Å². The van der Waals surface area contributed by atoms with Crippen LogP contribution in [0.5, 0.6) is 5.75 Å². The van der Waals surface area contributed by atoms with Crippen molar-refractivity contribution in [1.82, 2.24) is 5.32 Å². The highest BCUT2D eigenvalue weighted by Gasteiger charge is 2.29. The van der Waals surface area contributed by atoms with E-state index >= 15 is 0 Å². The summed E-state index contributed by atoms with van der Waals surface area (Å²) in [5.41, 5.74) is 2.31. The van der Waals surface area contributed by atoms with Gasteiger partial charge in [0.25, 0.3) is 11.8 Å². The van der Waals surface area contributed by atoms with Crippen molar-refractivity contribution in [3.05, 3.63) is 59.7 Å². The number of nitrogens with zero attached hydrogens (tertiary/aromatic N) is 1. The highest BCUT2D eigenvalue weighted by Crippen LogP contribution is 2.33. The number of amides is 2. The molecule has 0 fully saturated rings. The molecule has 2 aromatic carbocycles. The zero-order valence-electron chi connectivity index (χ0n) is 13.8. The number of hydrogen-bond acceptors (Lipinski definition) is 3. The number of benzene rings is 2. The smallest absolute Gasteiger partial charge is 0.267 e. The first-order valence-electron chi connectivity index (χ1n) is 7.96. The van der Waals surface area contributed by atoms with Gasteiger partial charge < -0.3 is 15.0 Å². The summed E-state index contributed by atoms with van der Waals surface area (Å²) in [6.45, 7) is 2.27. The average Bonchev–Trinajstić information content (AvgIpc) is 2.60. The molecule has 0 aliphatic carbocycles. The first kappa shape index (κ1) is 16.1. The molecule has 3 rings (SSSR count). The monoisotopic (exact) mass is 324 g/mol. The largest absolute Gasteiger partial charge is 0.479 e. The second-order valence-electron chi connectivity index (χ2n) is 5.83. The maximum atomic E-state index is 12.3. The zero-order valence-corrected chi connectivity index (χ0v) is 13.8. The molecule has 2 amide bonds. The van der Waals surface area contributed by atoms with Crippen LogP contribution in [0.15, 0.2) is 48.5 Å². The molecule has 0 bridgehead atoms. The van der Waals surface area contributed by atoms with Crippen molar-refractivity contribution < 1.29 is 14.3 Å². The minimum atomic E-state index is -0.506. The Morgan fingerprint density at radius 1 is 1.21 bits per heavy atom. The Labute approximate surface area is 141 Å². The summed E-state index contributed by atoms with van der Waals surface area (Å²) in [5.74, 6) is 0.336. The second kappa shape index (κ2) is 6.74. The Balaban J connectivity index is 1.67. The van der Waals surface area contributed by atoms with Crippen molar-refractivity contribution in [3.8, 4) is 5.75 Å². The minimum Gasteiger partial charge on any atom is -0.479 e. The van der Waals surface area contributed by atoms with Gasteiger partial charge in [-0.05, 0) is 37.1 Å². The minimum absolute atomic E-state index is 0.121. The molecule has 1 aliphatic rings. The summed E-state index contributed by atoms with van der Waals surface area (Å²) >= 11 is 0. The van der Waals surface area contributed by atoms with Gasteiger partial charge in [0.15, 0.2) is 6.10 Å². The van der Waals surface area contributed by atoms with E-state index in [2.05, 4.69) is 5.32 Å². The van der Waals surface area contributed by atoms with E-state index in [0.717, 1.165) is 6.42 Å². The van der Waals surface area contributed by atoms with Gasteiger partial charge in [0, 0.05) is 19.2 Å². The average molecular weight is 324 g/mol. The lowest BCUT2D eigenvalue weighted by atomic mass is 10.1. The summed E-state index contributed by atoms with van der Waals surface area (Å²) < 4.78 is 5.57. The third kappa shape index (κ3) is 3.25. The van der Waals surface area contributed by atoms with Gasteiger partial charge in [-0.15, -0.1) is 0 Å². The second-order valence-corrected chi connectivity index (χ2v) is 5.83. The molecule has 1 N–H and O–H groups in total. The van der Waals surface area contributed by atoms with Gasteiger partial charge in [0.05, 0.1) is 5.69 Å². The van der Waals surface area contributed by atoms with E-state index in [4.69, 9.17) is 4.74 Å². The highest BCUT2D eigenvalue weighted by atomic mass is 16.5. The van der Waals surface area contributed by atoms with E-state index in [1.165, 1.54) is 10.5 Å². The molecule has 124 valence electrons. The highest BCUT2D eigenvalue weighted by molar-refractivity contribution is 6.02. The molecule has 1 aliphatic heterocycles. The number of fused-ring (bicyclic) bond motifs is 1. The Morgan fingerprint density at radius 2 is 1.96 bits per heavy atom. The molecule has 0 spiro atoms. The molecule has 0 radical (unpaired) electrons. The predicted octanol–water partition coefficient (Wildman–Crippen LogP) is 2.40. The molecule has 0 saturated carbocycles. The maximum absolute atomic E-state index is 12.3. The number of hydrogen-bond donors (Lipinski definition) is 1. The standard InChI is InChI=1S/C19H20N2O3/c1-13-19(23)21(2)16-12-15(8-9-17(16)24-13)18(22)20-11-10-14-6-4-3-5-7-14/h3-9,12-13H,10-11H2,1-2H3,(H,20,22). The Morgan fingerprint density at radius 3 is 2.71 bits per heavy atom. The van der Waals surface area contributed by atoms with Gasteiger partial charge in [0.2, 0.25) is 0 Å². The number of carbonyl (C=O) groups excluding carboxylic acids is 2. The van der Waals surface area contributed by atoms with Gasteiger partial charge in [-0.2, -0.15) is 0 Å². The fourth-order valence-electron chi connectivity index (χ4n) is 2.72. The van der Waals surface area contributed by atoms with E-state index in [1.54, 1.807) is 32.2 Å². The lowest BCUT2D eigenvalue weighted by Gasteiger charge is -2.30. The number of rotatable bonds is 4. The Kier molecular flexibility index (Phi) is 4.51. The first-order valence-corrected chi connectivity index (χ1v) is 7.96. The zero-order chi connectivity index (χ0) is 17.1. The van der Waals surface area contributed by atoms with Crippen molar-refractivity contribution in [2.75, 3.05) is 18.5 Å². The van der Waals surface area contributed by atoms with E-state index in [9.17, 15) is 9.59 Å². The summed E-state index contributed by atoms with van der Waals surface area (Å²) in [6.07, 6.45) is 0.268. The first-order chi connectivity index (χ1) is 11.6. The SMILES string of the molecule is CC1Oc2ccc(C(=O)NCCc3ccccc3)cc2N(C)C1=O. The number of anilines is 1. The fraction of sp³-hybridized carbons (Fsp3) is 0.263. The van der Waals surface area contributed by atoms with Crippen LogP contribution in [-0.4, -0.2) is 31.5 Å². The predicted molar refractivity (Wildman–Crippen MR) is 92.4 cm³/mol. The van der Waals surface area contributed by atoms with Gasteiger partial charge in [-0.3, -0.25) is 9.59 Å². The fourth-order valence-corrected chi connectivity index (χ4v) is 2.72. The number of ether oxygens (including phenoxy) is 1. The summed E-state index contributed by atoms with van der Waals surface area (Å²) in [7, 11) is 1.69. The van der Waals surface area contributed by atoms with Crippen LogP contribution in [-0.2, 0) is 11.2 Å². The number of carbonyl (C=O) groups is 2. The number of nitrogens with one attached hydrogen (secondary N) is 1. The molecule has 5 heteroatoms. The quantitative estimate of drug-likeness (QED) is 0.939. The normalized spacial score (nSPS) is 16.3. The van der Waals surface area contributed by atoms with Crippen LogP contribution in [0.3, 0.4) is 0 Å². The lowest BCUT2D eigenvalue weighted by Crippen LogP contribution is -2.42. The van der Waals surface area contributed by atoms with Crippen LogP contribution in [0.4, 0.5) is 5.69 Å². The van der Waals surface area contributed by atoms with Crippen LogP contribution in [0.2, 0.25) is 0 Å². The molecule has 0 saturated heterocycles. The molecule has 24 heavy (non-hydrogen) atoms. The Hall–Kier alpha value is -2.82. The molecule has 1 unspecified atom stereocenters. The van der Waals surface area contributed by atoms with Gasteiger partial charge >= 0.3 is 0 Å². The molecule has 2 aromatic rings. The van der Waals surface area contributed by atoms with Gasteiger partial charge in [0.1, 0.15) is 5.75 Å². The van der Waals surface area contributed by atoms with Crippen LogP contribution in [0, 0.1) is 0 Å². The van der Waals surface area contributed by atoms with Crippen LogP contribution in [0.25, 0.3) is 0 Å². The molecule has 5 nitrogen and oxygen atoms in total. The van der Waals surface area contributed by atoms with E-state index in [-0.39, 0.29) is 11.8 Å². The Bertz CT molecular complexity index is 758. The van der Waals surface area contributed by atoms with Crippen LogP contribution < -0.4 is 15.0 Å². The van der Waals surface area contributed by atoms with E-state index in [0.29, 0.717) is 23.5 Å². The van der Waals surface area contributed by atoms with Crippen molar-refractivity contribution in [2.45, 2.75) is 19.4 Å². The number of likely N-dealkylation sites (N-methyl/N-ethyl adjacent to an activating group) is 1. The van der Waals surface area contributed by atoms with Crippen molar-refractivity contribution >= 4 is 17.5 Å². The molecule has 0 aromatic heterocycles. The maximum Gasteiger partial charge on any atom is 0.267 e. The molecular formula is C19H20N2O3. The molecular weight excluding hydrogens is 304 g/mol. The van der Waals surface area contributed by atoms with Crippen LogP contribution in [0.1, 0.15) is 22.8 Å². The van der Waals surface area contributed by atoms with Crippen molar-refractivity contribution in [3.63, 3.8) is 0 Å². The third-order valence-electron chi connectivity index (χ3n) is 4.11. The van der Waals surface area contributed by atoms with E-state index < -0.39 is 6.10 Å². The van der Waals surface area contributed by atoms with Gasteiger partial charge in [-0.25, -0.2) is 0 Å². The van der Waals surface area contributed by atoms with Gasteiger partial charge in [-0.1, -0.05) is 30.3 Å². The summed E-state index contributed by atoms with van der Waals surface area (Å²) in [4.78, 5) is 25.8. The van der Waals surface area contributed by atoms with Crippen LogP contribution >= 0.6 is 0 Å². The molecule has 1 atom stereocenters. The summed E-state index contributed by atoms with van der Waals surface area (Å²) in [5, 5.41) is 2.91. The van der Waals surface area contributed by atoms with E-state index in [1.807, 2.05) is 30.3 Å². The van der Waals surface area contributed by atoms with Crippen molar-refractivity contribution in [1.29, 1.82) is 0 Å². The van der Waals surface area contributed by atoms with Crippen molar-refractivity contribution in [2.24, 2.45) is 0 Å². The molecule has 1 heterocycles. The lowest BCUT2D eigenvalue weighted by molar-refractivity contribution is -0.125.